The van der Waals surface area contributed by atoms with E-state index in [1.807, 2.05) is 17.7 Å². The number of fused-ring (bicyclic) bond motifs is 1. The fourth-order valence-electron chi connectivity index (χ4n) is 4.40. The number of aromatic nitrogens is 3. The maximum absolute atomic E-state index is 12.4. The summed E-state index contributed by atoms with van der Waals surface area (Å²) in [5, 5.41) is 7.98. The molecule has 0 unspecified atom stereocenters. The lowest BCUT2D eigenvalue weighted by Gasteiger charge is -2.36. The second-order valence-electron chi connectivity index (χ2n) is 8.46. The first-order valence-electron chi connectivity index (χ1n) is 11.8. The summed E-state index contributed by atoms with van der Waals surface area (Å²) < 4.78 is 3.47. The molecule has 172 valence electrons. The molecule has 32 heavy (non-hydrogen) atoms. The molecule has 1 saturated heterocycles. The molecule has 2 aromatic rings. The lowest BCUT2D eigenvalue weighted by Crippen LogP contribution is -2.52. The molecule has 8 nitrogen and oxygen atoms in total. The molecule has 0 aliphatic carbocycles. The van der Waals surface area contributed by atoms with Gasteiger partial charge in [0.2, 0.25) is 0 Å². The Morgan fingerprint density at radius 1 is 1.12 bits per heavy atom. The second kappa shape index (κ2) is 11.1. The largest absolute Gasteiger partial charge is 0.356 e. The van der Waals surface area contributed by atoms with Crippen molar-refractivity contribution in [3.05, 3.63) is 58.3 Å². The number of aliphatic imine (C=N–C) groups is 1. The molecule has 0 spiro atoms. The van der Waals surface area contributed by atoms with E-state index in [0.717, 1.165) is 83.3 Å². The van der Waals surface area contributed by atoms with E-state index in [1.54, 1.807) is 4.68 Å². The maximum atomic E-state index is 12.4. The third kappa shape index (κ3) is 5.68. The first kappa shape index (κ1) is 22.3. The summed E-state index contributed by atoms with van der Waals surface area (Å²) in [5.41, 5.74) is 1.29. The van der Waals surface area contributed by atoms with Crippen molar-refractivity contribution < 1.29 is 0 Å². The monoisotopic (exact) mass is 437 g/mol. The van der Waals surface area contributed by atoms with Crippen LogP contribution in [0.15, 0.2) is 46.2 Å². The number of nitrogens with zero attached hydrogens (tertiary/aromatic N) is 6. The Morgan fingerprint density at radius 3 is 2.69 bits per heavy atom. The van der Waals surface area contributed by atoms with Crippen LogP contribution in [0.1, 0.15) is 30.7 Å². The maximum Gasteiger partial charge on any atom is 0.345 e. The quantitative estimate of drug-likeness (QED) is 0.405. The SMILES string of the molecule is CN=C(NCCCn1nc2n(c1=O)CCCC2)N1CCN(C/C=C/c2ccccc2)CC1. The van der Waals surface area contributed by atoms with Crippen molar-refractivity contribution in [2.75, 3.05) is 46.3 Å². The average molecular weight is 438 g/mol. The van der Waals surface area contributed by atoms with Crippen LogP contribution in [0.4, 0.5) is 0 Å². The predicted molar refractivity (Wildman–Crippen MR) is 129 cm³/mol. The van der Waals surface area contributed by atoms with E-state index in [-0.39, 0.29) is 5.69 Å². The highest BCUT2D eigenvalue weighted by Gasteiger charge is 2.19. The van der Waals surface area contributed by atoms with Gasteiger partial charge in [0.1, 0.15) is 5.82 Å². The molecule has 0 bridgehead atoms. The van der Waals surface area contributed by atoms with E-state index in [1.165, 1.54) is 5.56 Å². The number of benzene rings is 1. The van der Waals surface area contributed by atoms with Gasteiger partial charge in [0.15, 0.2) is 5.96 Å². The van der Waals surface area contributed by atoms with Gasteiger partial charge in [-0.3, -0.25) is 14.5 Å². The Bertz CT molecular complexity index is 968. The molecule has 3 heterocycles. The normalized spacial score (nSPS) is 17.7. The smallest absolute Gasteiger partial charge is 0.345 e. The Morgan fingerprint density at radius 2 is 1.94 bits per heavy atom. The highest BCUT2D eigenvalue weighted by atomic mass is 16.2. The minimum atomic E-state index is 0.0431. The molecule has 4 rings (SSSR count). The molecular formula is C24H35N7O. The molecule has 0 radical (unpaired) electrons. The molecule has 1 fully saturated rings. The van der Waals surface area contributed by atoms with Gasteiger partial charge in [-0.2, -0.15) is 5.10 Å². The highest BCUT2D eigenvalue weighted by Crippen LogP contribution is 2.09. The molecule has 1 aromatic heterocycles. The van der Waals surface area contributed by atoms with Gasteiger partial charge in [-0.15, -0.1) is 0 Å². The molecule has 0 atom stereocenters. The van der Waals surface area contributed by atoms with Crippen LogP contribution in [-0.4, -0.2) is 76.4 Å². The molecular weight excluding hydrogens is 402 g/mol. The van der Waals surface area contributed by atoms with Crippen LogP contribution >= 0.6 is 0 Å². The Balaban J connectivity index is 1.17. The molecule has 1 N–H and O–H groups in total. The zero-order valence-corrected chi connectivity index (χ0v) is 19.1. The Labute approximate surface area is 190 Å². The molecule has 8 heteroatoms. The van der Waals surface area contributed by atoms with Crippen molar-refractivity contribution in [1.82, 2.24) is 29.5 Å². The summed E-state index contributed by atoms with van der Waals surface area (Å²) in [6.45, 7) is 7.18. The van der Waals surface area contributed by atoms with Gasteiger partial charge in [-0.05, 0) is 24.8 Å². The van der Waals surface area contributed by atoms with Crippen LogP contribution in [0.5, 0.6) is 0 Å². The van der Waals surface area contributed by atoms with E-state index in [2.05, 4.69) is 61.6 Å². The summed E-state index contributed by atoms with van der Waals surface area (Å²) in [6.07, 6.45) is 8.40. The van der Waals surface area contributed by atoms with Crippen LogP contribution in [0.25, 0.3) is 6.08 Å². The lowest BCUT2D eigenvalue weighted by molar-refractivity contribution is 0.194. The molecule has 2 aliphatic rings. The topological polar surface area (TPSA) is 70.7 Å². The van der Waals surface area contributed by atoms with Gasteiger partial charge in [0.05, 0.1) is 0 Å². The number of hydrogen-bond acceptors (Lipinski definition) is 4. The van der Waals surface area contributed by atoms with Gasteiger partial charge in [-0.1, -0.05) is 42.5 Å². The predicted octanol–water partition coefficient (Wildman–Crippen LogP) is 1.68. The van der Waals surface area contributed by atoms with E-state index in [4.69, 9.17) is 0 Å². The van der Waals surface area contributed by atoms with Gasteiger partial charge < -0.3 is 10.2 Å². The van der Waals surface area contributed by atoms with E-state index < -0.39 is 0 Å². The summed E-state index contributed by atoms with van der Waals surface area (Å²) in [6, 6.07) is 10.4. The van der Waals surface area contributed by atoms with Crippen LogP contribution in [0.3, 0.4) is 0 Å². The zero-order chi connectivity index (χ0) is 22.2. The van der Waals surface area contributed by atoms with Gasteiger partial charge >= 0.3 is 5.69 Å². The van der Waals surface area contributed by atoms with Crippen LogP contribution in [0, 0.1) is 0 Å². The minimum absolute atomic E-state index is 0.0431. The molecule has 0 saturated carbocycles. The number of guanidine groups is 1. The number of nitrogens with one attached hydrogen (secondary N) is 1. The average Bonchev–Trinajstić information content (AvgIpc) is 3.16. The summed E-state index contributed by atoms with van der Waals surface area (Å²) in [7, 11) is 1.84. The summed E-state index contributed by atoms with van der Waals surface area (Å²) in [4.78, 5) is 21.7. The minimum Gasteiger partial charge on any atom is -0.356 e. The highest BCUT2D eigenvalue weighted by molar-refractivity contribution is 5.79. The first-order chi connectivity index (χ1) is 15.7. The van der Waals surface area contributed by atoms with Gasteiger partial charge in [0, 0.05) is 65.8 Å². The fraction of sp³-hybridized carbons (Fsp3) is 0.542. The van der Waals surface area contributed by atoms with E-state index in [9.17, 15) is 4.79 Å². The van der Waals surface area contributed by atoms with Crippen molar-refractivity contribution in [2.45, 2.75) is 38.8 Å². The van der Waals surface area contributed by atoms with Crippen LogP contribution in [0.2, 0.25) is 0 Å². The number of hydrogen-bond donors (Lipinski definition) is 1. The van der Waals surface area contributed by atoms with Crippen LogP contribution in [-0.2, 0) is 19.5 Å². The van der Waals surface area contributed by atoms with Crippen LogP contribution < -0.4 is 11.0 Å². The van der Waals surface area contributed by atoms with Gasteiger partial charge in [-0.25, -0.2) is 9.48 Å². The molecule has 0 amide bonds. The summed E-state index contributed by atoms with van der Waals surface area (Å²) >= 11 is 0. The fourth-order valence-corrected chi connectivity index (χ4v) is 4.40. The Hall–Kier alpha value is -2.87. The third-order valence-corrected chi connectivity index (χ3v) is 6.22. The van der Waals surface area contributed by atoms with Crippen molar-refractivity contribution in [3.8, 4) is 0 Å². The summed E-state index contributed by atoms with van der Waals surface area (Å²) in [5.74, 6) is 1.89. The standard InChI is InChI=1S/C24H35N7O/c1-25-23(26-13-8-16-31-24(32)30-15-6-5-12-22(30)27-31)29-19-17-28(18-20-29)14-7-11-21-9-3-2-4-10-21/h2-4,7,9-11H,5-6,8,12-20H2,1H3,(H,25,26)/b11-7+. The molecule has 1 aromatic carbocycles. The van der Waals surface area contributed by atoms with Crippen molar-refractivity contribution in [2.24, 2.45) is 4.99 Å². The van der Waals surface area contributed by atoms with Crippen molar-refractivity contribution in [1.29, 1.82) is 0 Å². The van der Waals surface area contributed by atoms with Gasteiger partial charge in [0.25, 0.3) is 0 Å². The number of aryl methyl sites for hydroxylation is 2. The van der Waals surface area contributed by atoms with E-state index in [0.29, 0.717) is 6.54 Å². The Kier molecular flexibility index (Phi) is 7.77. The van der Waals surface area contributed by atoms with Crippen molar-refractivity contribution >= 4 is 12.0 Å². The number of piperazine rings is 1. The van der Waals surface area contributed by atoms with Crippen molar-refractivity contribution in [3.63, 3.8) is 0 Å². The second-order valence-corrected chi connectivity index (χ2v) is 8.46. The van der Waals surface area contributed by atoms with E-state index >= 15 is 0 Å². The number of rotatable bonds is 7. The first-order valence-corrected chi connectivity index (χ1v) is 11.8. The lowest BCUT2D eigenvalue weighted by atomic mass is 10.2. The zero-order valence-electron chi connectivity index (χ0n) is 19.1. The third-order valence-electron chi connectivity index (χ3n) is 6.22. The molecule has 2 aliphatic heterocycles.